The first-order valence-electron chi connectivity index (χ1n) is 23.5. The number of benzene rings is 8. The van der Waals surface area contributed by atoms with Crippen LogP contribution < -0.4 is 14.5 Å². The Hall–Kier alpha value is -7.67. The van der Waals surface area contributed by atoms with Crippen molar-refractivity contribution in [3.05, 3.63) is 205 Å². The fourth-order valence-electron chi connectivity index (χ4n) is 9.95. The summed E-state index contributed by atoms with van der Waals surface area (Å²) in [5, 5.41) is 4.92. The normalized spacial score (nSPS) is 13.0. The maximum absolute atomic E-state index is 6.91. The molecule has 0 saturated heterocycles. The number of aromatic nitrogens is 2. The highest BCUT2D eigenvalue weighted by molar-refractivity contribution is 7.27. The predicted molar refractivity (Wildman–Crippen MR) is 288 cm³/mol. The summed E-state index contributed by atoms with van der Waals surface area (Å²) in [7, 11) is 0. The van der Waals surface area contributed by atoms with E-state index in [-0.39, 0.29) is 10.8 Å². The van der Waals surface area contributed by atoms with Crippen LogP contribution in [0.4, 0.5) is 22.7 Å². The summed E-state index contributed by atoms with van der Waals surface area (Å²) in [4.78, 5) is 9.94. The SMILES string of the molecule is CC(C)(C)c1ccnc(-n2c3cc(Oc4cccc(N5CN(c6cc(-c7ccccc7)cc(-c7ccccc7)c6)c6cc(C(C)(C)C)ccc65)c4)ccc3c3sc4ccc5ccccc5c4c32)c1. The third-order valence-electron chi connectivity index (χ3n) is 13.6. The highest BCUT2D eigenvalue weighted by atomic mass is 32.1. The highest BCUT2D eigenvalue weighted by Gasteiger charge is 2.31. The minimum absolute atomic E-state index is 0.0224. The third-order valence-corrected chi connectivity index (χ3v) is 14.8. The molecule has 1 aliphatic rings. The average Bonchev–Trinajstić information content (AvgIpc) is 4.03. The zero-order valence-corrected chi connectivity index (χ0v) is 40.1. The summed E-state index contributed by atoms with van der Waals surface area (Å²) in [5.41, 5.74) is 14.0. The quantitative estimate of drug-likeness (QED) is 0.160. The molecule has 0 radical (unpaired) electrons. The Labute approximate surface area is 402 Å². The molecule has 0 unspecified atom stereocenters. The molecule has 1 aliphatic heterocycles. The standard InChI is InChI=1S/C62H52N4OS/c1-61(2,3)45-25-28-53-55(35-45)65(48-33-43(40-16-9-7-10-17-40)32-44(34-48)41-18-11-8-12-19-41)39-64(53)47-21-15-22-49(37-47)67-50-26-27-52-54(38-50)66(57-36-46(30-31-63-57)62(4,5)6)59-58-51-23-14-13-20-42(51)24-29-56(58)68-60(52)59/h7-38H,39H2,1-6H3. The fraction of sp³-hybridized carbons (Fsp3) is 0.145. The van der Waals surface area contributed by atoms with Gasteiger partial charge in [-0.15, -0.1) is 11.3 Å². The Kier molecular flexibility index (Phi) is 9.82. The lowest BCUT2D eigenvalue weighted by Gasteiger charge is -2.24. The van der Waals surface area contributed by atoms with Crippen molar-refractivity contribution < 1.29 is 4.74 Å². The van der Waals surface area contributed by atoms with E-state index in [1.807, 2.05) is 17.5 Å². The molecule has 0 N–H and O–H groups in total. The summed E-state index contributed by atoms with van der Waals surface area (Å²) in [6, 6.07) is 68.1. The lowest BCUT2D eigenvalue weighted by atomic mass is 9.86. The van der Waals surface area contributed by atoms with E-state index < -0.39 is 0 Å². The van der Waals surface area contributed by atoms with Crippen LogP contribution in [-0.4, -0.2) is 16.2 Å². The number of hydrogen-bond acceptors (Lipinski definition) is 5. The van der Waals surface area contributed by atoms with Crippen LogP contribution in [0.3, 0.4) is 0 Å². The summed E-state index contributed by atoms with van der Waals surface area (Å²) >= 11 is 1.85. The van der Waals surface area contributed by atoms with Crippen LogP contribution in [-0.2, 0) is 10.8 Å². The van der Waals surface area contributed by atoms with E-state index in [0.29, 0.717) is 6.67 Å². The molecule has 68 heavy (non-hydrogen) atoms. The first-order valence-corrected chi connectivity index (χ1v) is 24.4. The average molecular weight is 901 g/mol. The van der Waals surface area contributed by atoms with Crippen LogP contribution in [0.5, 0.6) is 11.5 Å². The predicted octanol–water partition coefficient (Wildman–Crippen LogP) is 17.5. The molecule has 0 saturated carbocycles. The number of ether oxygens (including phenoxy) is 1. The van der Waals surface area contributed by atoms with E-state index in [0.717, 1.165) is 39.9 Å². The second-order valence-corrected chi connectivity index (χ2v) is 21.2. The molecule has 4 heterocycles. The molecule has 0 atom stereocenters. The molecular weight excluding hydrogens is 849 g/mol. The number of hydrogen-bond donors (Lipinski definition) is 0. The zero-order valence-electron chi connectivity index (χ0n) is 39.3. The van der Waals surface area contributed by atoms with E-state index >= 15 is 0 Å². The van der Waals surface area contributed by atoms with Gasteiger partial charge in [0.25, 0.3) is 0 Å². The van der Waals surface area contributed by atoms with Crippen LogP contribution in [0.15, 0.2) is 194 Å². The molecule has 0 bridgehead atoms. The summed E-state index contributed by atoms with van der Waals surface area (Å²) < 4.78 is 11.8. The maximum atomic E-state index is 6.91. The molecule has 6 heteroatoms. The van der Waals surface area contributed by atoms with Crippen molar-refractivity contribution in [1.82, 2.24) is 9.55 Å². The van der Waals surface area contributed by atoms with Crippen LogP contribution in [0.1, 0.15) is 52.7 Å². The van der Waals surface area contributed by atoms with E-state index in [1.54, 1.807) is 0 Å². The van der Waals surface area contributed by atoms with Crippen molar-refractivity contribution in [3.8, 4) is 39.6 Å². The van der Waals surface area contributed by atoms with Gasteiger partial charge in [0.2, 0.25) is 0 Å². The van der Waals surface area contributed by atoms with Gasteiger partial charge in [0.15, 0.2) is 0 Å². The monoisotopic (exact) mass is 900 g/mol. The molecule has 0 spiro atoms. The molecule has 11 aromatic rings. The molecule has 8 aromatic carbocycles. The summed E-state index contributed by atoms with van der Waals surface area (Å²) in [6.45, 7) is 14.3. The van der Waals surface area contributed by atoms with E-state index in [9.17, 15) is 0 Å². The van der Waals surface area contributed by atoms with Gasteiger partial charge < -0.3 is 14.5 Å². The van der Waals surface area contributed by atoms with Crippen molar-refractivity contribution in [3.63, 3.8) is 0 Å². The second kappa shape index (κ2) is 16.0. The Bertz CT molecular complexity index is 3670. The highest BCUT2D eigenvalue weighted by Crippen LogP contribution is 2.49. The molecule has 332 valence electrons. The van der Waals surface area contributed by atoms with Crippen molar-refractivity contribution in [2.75, 3.05) is 16.5 Å². The van der Waals surface area contributed by atoms with Gasteiger partial charge in [0.05, 0.1) is 27.1 Å². The molecular formula is C62H52N4OS. The maximum Gasteiger partial charge on any atom is 0.137 e. The van der Waals surface area contributed by atoms with Gasteiger partial charge in [-0.1, -0.05) is 145 Å². The Balaban J connectivity index is 0.958. The number of anilines is 4. The number of thiophene rings is 1. The topological polar surface area (TPSA) is 33.5 Å². The van der Waals surface area contributed by atoms with Crippen LogP contribution in [0.25, 0.3) is 70.0 Å². The van der Waals surface area contributed by atoms with Gasteiger partial charge in [0, 0.05) is 45.2 Å². The Morgan fingerprint density at radius 2 is 1.18 bits per heavy atom. The minimum Gasteiger partial charge on any atom is -0.457 e. The molecule has 0 amide bonds. The zero-order chi connectivity index (χ0) is 46.3. The largest absolute Gasteiger partial charge is 0.457 e. The number of pyridine rings is 1. The van der Waals surface area contributed by atoms with Gasteiger partial charge >= 0.3 is 0 Å². The third kappa shape index (κ3) is 7.28. The second-order valence-electron chi connectivity index (χ2n) is 20.2. The van der Waals surface area contributed by atoms with Gasteiger partial charge in [0.1, 0.15) is 24.0 Å². The smallest absolute Gasteiger partial charge is 0.137 e. The Morgan fingerprint density at radius 1 is 0.500 bits per heavy atom. The van der Waals surface area contributed by atoms with Gasteiger partial charge in [-0.25, -0.2) is 4.98 Å². The van der Waals surface area contributed by atoms with E-state index in [1.165, 1.54) is 75.5 Å². The molecule has 3 aromatic heterocycles. The van der Waals surface area contributed by atoms with Gasteiger partial charge in [-0.3, -0.25) is 4.57 Å². The van der Waals surface area contributed by atoms with Crippen LogP contribution in [0, 0.1) is 0 Å². The minimum atomic E-state index is -0.0401. The number of fused-ring (bicyclic) bond motifs is 8. The first-order chi connectivity index (χ1) is 32.9. The number of rotatable bonds is 7. The Morgan fingerprint density at radius 3 is 1.91 bits per heavy atom. The molecule has 12 rings (SSSR count). The van der Waals surface area contributed by atoms with Crippen molar-refractivity contribution in [2.45, 2.75) is 52.4 Å². The molecule has 5 nitrogen and oxygen atoms in total. The van der Waals surface area contributed by atoms with E-state index in [2.05, 4.69) is 244 Å². The lowest BCUT2D eigenvalue weighted by molar-refractivity contribution is 0.483. The number of nitrogens with zero attached hydrogens (tertiary/aromatic N) is 4. The van der Waals surface area contributed by atoms with Crippen molar-refractivity contribution in [2.24, 2.45) is 0 Å². The van der Waals surface area contributed by atoms with Crippen molar-refractivity contribution >= 4 is 76.1 Å². The van der Waals surface area contributed by atoms with Gasteiger partial charge in [-0.2, -0.15) is 0 Å². The first kappa shape index (κ1) is 41.7. The van der Waals surface area contributed by atoms with Gasteiger partial charge in [-0.05, 0) is 128 Å². The summed E-state index contributed by atoms with van der Waals surface area (Å²) in [6.07, 6.45) is 1.95. The van der Waals surface area contributed by atoms with Crippen LogP contribution >= 0.6 is 11.3 Å². The summed E-state index contributed by atoms with van der Waals surface area (Å²) in [5.74, 6) is 2.45. The molecule has 0 fully saturated rings. The fourth-order valence-corrected chi connectivity index (χ4v) is 11.2. The van der Waals surface area contributed by atoms with Crippen molar-refractivity contribution in [1.29, 1.82) is 0 Å². The lowest BCUT2D eigenvalue weighted by Crippen LogP contribution is -2.24. The van der Waals surface area contributed by atoms with Crippen LogP contribution in [0.2, 0.25) is 0 Å². The molecule has 0 aliphatic carbocycles. The van der Waals surface area contributed by atoms with E-state index in [4.69, 9.17) is 9.72 Å².